The number of esters is 1. The number of unbranched alkanes of at least 4 members (excludes halogenated alkanes) is 4. The van der Waals surface area contributed by atoms with E-state index in [9.17, 15) is 9.59 Å². The summed E-state index contributed by atoms with van der Waals surface area (Å²) in [4.78, 5) is 24.0. The molecule has 0 saturated carbocycles. The van der Waals surface area contributed by atoms with Crippen LogP contribution in [-0.2, 0) is 0 Å². The highest BCUT2D eigenvalue weighted by Crippen LogP contribution is 2.30. The Morgan fingerprint density at radius 3 is 2.41 bits per heavy atom. The maximum atomic E-state index is 12.6. The second-order valence-corrected chi connectivity index (χ2v) is 7.00. The van der Waals surface area contributed by atoms with E-state index in [4.69, 9.17) is 9.47 Å². The van der Waals surface area contributed by atoms with E-state index in [1.165, 1.54) is 25.7 Å². The summed E-state index contributed by atoms with van der Waals surface area (Å²) in [6.07, 6.45) is 6.63. The molecule has 3 aromatic carbocycles. The first-order chi connectivity index (χ1) is 14.2. The average Bonchev–Trinajstić information content (AvgIpc) is 2.76. The summed E-state index contributed by atoms with van der Waals surface area (Å²) in [6.45, 7) is 2.87. The monoisotopic (exact) mass is 390 g/mol. The van der Waals surface area contributed by atoms with Gasteiger partial charge in [0.15, 0.2) is 6.29 Å². The third-order valence-corrected chi connectivity index (χ3v) is 4.84. The molecule has 0 aromatic heterocycles. The van der Waals surface area contributed by atoms with Crippen LogP contribution in [0.5, 0.6) is 11.5 Å². The summed E-state index contributed by atoms with van der Waals surface area (Å²) in [5.74, 6) is 0.516. The van der Waals surface area contributed by atoms with Crippen molar-refractivity contribution in [3.63, 3.8) is 0 Å². The average molecular weight is 390 g/mol. The van der Waals surface area contributed by atoms with Crippen LogP contribution in [0.1, 0.15) is 59.7 Å². The number of carbonyl (C=O) groups is 2. The Morgan fingerprint density at radius 1 is 0.897 bits per heavy atom. The number of hydrogen-bond acceptors (Lipinski definition) is 4. The quantitative estimate of drug-likeness (QED) is 0.178. The fourth-order valence-electron chi connectivity index (χ4n) is 3.20. The minimum atomic E-state index is -0.504. The maximum absolute atomic E-state index is 12.6. The molecule has 0 unspecified atom stereocenters. The van der Waals surface area contributed by atoms with Crippen molar-refractivity contribution in [3.8, 4) is 11.5 Å². The molecule has 0 aliphatic rings. The molecule has 0 radical (unpaired) electrons. The lowest BCUT2D eigenvalue weighted by molar-refractivity contribution is 0.0736. The van der Waals surface area contributed by atoms with Gasteiger partial charge in [-0.15, -0.1) is 0 Å². The van der Waals surface area contributed by atoms with E-state index < -0.39 is 5.97 Å². The third-order valence-electron chi connectivity index (χ3n) is 4.84. The molecule has 150 valence electrons. The third kappa shape index (κ3) is 5.44. The normalized spacial score (nSPS) is 10.7. The van der Waals surface area contributed by atoms with Gasteiger partial charge in [0, 0.05) is 5.39 Å². The lowest BCUT2D eigenvalue weighted by Crippen LogP contribution is -2.10. The van der Waals surface area contributed by atoms with Crippen molar-refractivity contribution in [1.82, 2.24) is 0 Å². The number of fused-ring (bicyclic) bond motifs is 1. The molecule has 0 N–H and O–H groups in total. The zero-order valence-corrected chi connectivity index (χ0v) is 16.7. The summed E-state index contributed by atoms with van der Waals surface area (Å²) in [5.41, 5.74) is 0.755. The van der Waals surface area contributed by atoms with Gasteiger partial charge in [-0.2, -0.15) is 0 Å². The van der Waals surface area contributed by atoms with Gasteiger partial charge in [-0.3, -0.25) is 4.79 Å². The number of rotatable bonds is 10. The van der Waals surface area contributed by atoms with Crippen LogP contribution in [-0.4, -0.2) is 18.9 Å². The second kappa shape index (κ2) is 10.4. The van der Waals surface area contributed by atoms with Crippen LogP contribution in [0, 0.1) is 0 Å². The zero-order valence-electron chi connectivity index (χ0n) is 16.7. The van der Waals surface area contributed by atoms with E-state index in [0.717, 1.165) is 22.9 Å². The van der Waals surface area contributed by atoms with Gasteiger partial charge in [0.05, 0.1) is 17.7 Å². The maximum Gasteiger partial charge on any atom is 0.343 e. The minimum Gasteiger partial charge on any atom is -0.494 e. The van der Waals surface area contributed by atoms with Crippen molar-refractivity contribution < 1.29 is 19.1 Å². The van der Waals surface area contributed by atoms with E-state index in [1.54, 1.807) is 30.3 Å². The molecule has 29 heavy (non-hydrogen) atoms. The molecule has 0 aliphatic heterocycles. The van der Waals surface area contributed by atoms with Crippen molar-refractivity contribution >= 4 is 23.0 Å². The predicted molar refractivity (Wildman–Crippen MR) is 115 cm³/mol. The van der Waals surface area contributed by atoms with Crippen LogP contribution >= 0.6 is 0 Å². The number of aldehydes is 1. The van der Waals surface area contributed by atoms with Crippen LogP contribution in [0.2, 0.25) is 0 Å². The van der Waals surface area contributed by atoms with Crippen LogP contribution in [0.25, 0.3) is 10.8 Å². The van der Waals surface area contributed by atoms with Crippen molar-refractivity contribution in [2.75, 3.05) is 6.61 Å². The van der Waals surface area contributed by atoms with E-state index in [0.29, 0.717) is 24.0 Å². The van der Waals surface area contributed by atoms with Gasteiger partial charge in [-0.25, -0.2) is 4.79 Å². The Morgan fingerprint density at radius 2 is 1.66 bits per heavy atom. The lowest BCUT2D eigenvalue weighted by atomic mass is 10.1. The van der Waals surface area contributed by atoms with Gasteiger partial charge in [0.1, 0.15) is 11.5 Å². The first kappa shape index (κ1) is 20.6. The van der Waals surface area contributed by atoms with Crippen molar-refractivity contribution in [3.05, 3.63) is 71.8 Å². The Bertz CT molecular complexity index is 960. The molecule has 0 heterocycles. The Balaban J connectivity index is 1.64. The standard InChI is InChI=1S/C25H26O4/c1-2-3-4-5-8-17-28-22-15-13-20(14-16-22)25(27)29-24-21(18-26)12-11-19-9-6-7-10-23(19)24/h6-7,9-16,18H,2-5,8,17H2,1H3. The van der Waals surface area contributed by atoms with E-state index >= 15 is 0 Å². The molecule has 0 spiro atoms. The fraction of sp³-hybridized carbons (Fsp3) is 0.280. The van der Waals surface area contributed by atoms with Gasteiger partial charge < -0.3 is 9.47 Å². The smallest absolute Gasteiger partial charge is 0.343 e. The van der Waals surface area contributed by atoms with Crippen LogP contribution in [0.15, 0.2) is 60.7 Å². The first-order valence-electron chi connectivity index (χ1n) is 10.1. The van der Waals surface area contributed by atoms with Crippen molar-refractivity contribution in [2.45, 2.75) is 39.0 Å². The van der Waals surface area contributed by atoms with Gasteiger partial charge in [-0.1, -0.05) is 62.9 Å². The van der Waals surface area contributed by atoms with Gasteiger partial charge in [-0.05, 0) is 42.1 Å². The number of benzene rings is 3. The Kier molecular flexibility index (Phi) is 7.40. The number of hydrogen-bond donors (Lipinski definition) is 0. The predicted octanol–water partition coefficient (Wildman–Crippen LogP) is 6.22. The molecule has 4 nitrogen and oxygen atoms in total. The molecule has 0 atom stereocenters. The number of carbonyl (C=O) groups excluding carboxylic acids is 2. The minimum absolute atomic E-state index is 0.288. The highest BCUT2D eigenvalue weighted by molar-refractivity contribution is 6.00. The largest absolute Gasteiger partial charge is 0.494 e. The Hall–Kier alpha value is -3.14. The van der Waals surface area contributed by atoms with Gasteiger partial charge in [0.2, 0.25) is 0 Å². The number of ether oxygens (including phenoxy) is 2. The second-order valence-electron chi connectivity index (χ2n) is 7.00. The van der Waals surface area contributed by atoms with Crippen LogP contribution < -0.4 is 9.47 Å². The SMILES string of the molecule is CCCCCCCOc1ccc(C(=O)Oc2c(C=O)ccc3ccccc23)cc1. The van der Waals surface area contributed by atoms with Crippen LogP contribution in [0.3, 0.4) is 0 Å². The topological polar surface area (TPSA) is 52.6 Å². The molecule has 3 aromatic rings. The van der Waals surface area contributed by atoms with E-state index in [2.05, 4.69) is 6.92 Å². The molecule has 4 heteroatoms. The summed E-state index contributed by atoms with van der Waals surface area (Å²) >= 11 is 0. The fourth-order valence-corrected chi connectivity index (χ4v) is 3.20. The summed E-state index contributed by atoms with van der Waals surface area (Å²) in [5, 5.41) is 1.64. The summed E-state index contributed by atoms with van der Waals surface area (Å²) in [7, 11) is 0. The van der Waals surface area contributed by atoms with E-state index in [-0.39, 0.29) is 5.75 Å². The molecule has 0 bridgehead atoms. The van der Waals surface area contributed by atoms with Crippen LogP contribution in [0.4, 0.5) is 0 Å². The molecule has 3 rings (SSSR count). The molecule has 0 amide bonds. The lowest BCUT2D eigenvalue weighted by Gasteiger charge is -2.11. The highest BCUT2D eigenvalue weighted by Gasteiger charge is 2.15. The molecular formula is C25H26O4. The Labute approximate surface area is 171 Å². The van der Waals surface area contributed by atoms with Gasteiger partial charge >= 0.3 is 5.97 Å². The molecule has 0 saturated heterocycles. The summed E-state index contributed by atoms with van der Waals surface area (Å²) < 4.78 is 11.3. The summed E-state index contributed by atoms with van der Waals surface area (Å²) in [6, 6.07) is 17.9. The van der Waals surface area contributed by atoms with Crippen molar-refractivity contribution in [1.29, 1.82) is 0 Å². The van der Waals surface area contributed by atoms with Crippen molar-refractivity contribution in [2.24, 2.45) is 0 Å². The molecular weight excluding hydrogens is 364 g/mol. The molecule has 0 fully saturated rings. The highest BCUT2D eigenvalue weighted by atomic mass is 16.5. The first-order valence-corrected chi connectivity index (χ1v) is 10.1. The van der Waals surface area contributed by atoms with E-state index in [1.807, 2.05) is 30.3 Å². The molecule has 0 aliphatic carbocycles. The van der Waals surface area contributed by atoms with Gasteiger partial charge in [0.25, 0.3) is 0 Å². The zero-order chi connectivity index (χ0) is 20.5.